The topological polar surface area (TPSA) is 18.5 Å². The van der Waals surface area contributed by atoms with Gasteiger partial charge in [-0.05, 0) is 19.4 Å². The molecule has 1 N–H and O–H groups in total. The first-order valence-corrected chi connectivity index (χ1v) is 8.05. The molecule has 3 fully saturated rings. The van der Waals surface area contributed by atoms with Crippen molar-refractivity contribution in [3.8, 4) is 0 Å². The van der Waals surface area contributed by atoms with Gasteiger partial charge in [0.25, 0.3) is 0 Å². The molecule has 0 aromatic heterocycles. The Hall–Kier alpha value is -0.120. The number of piperazine rings is 3. The van der Waals surface area contributed by atoms with Crippen molar-refractivity contribution >= 4 is 0 Å². The van der Waals surface area contributed by atoms with E-state index in [0.717, 1.165) is 12.1 Å². The second-order valence-electron chi connectivity index (χ2n) is 5.96. The minimum absolute atomic E-state index is 0.722. The van der Waals surface area contributed by atoms with E-state index < -0.39 is 0 Å². The summed E-state index contributed by atoms with van der Waals surface area (Å²) < 4.78 is 0. The molecule has 0 aliphatic carbocycles. The molecule has 3 nitrogen and oxygen atoms in total. The standard InChI is InChI=1S/C15H31N3/c1-3-5-6-7-14(16-8-4-2)15-13-17-9-11-18(15)12-10-17/h14-16H,3-13H2,1-2H3. The molecule has 3 aliphatic heterocycles. The van der Waals surface area contributed by atoms with Gasteiger partial charge in [-0.3, -0.25) is 9.80 Å². The molecule has 0 saturated carbocycles. The van der Waals surface area contributed by atoms with Gasteiger partial charge in [-0.15, -0.1) is 0 Å². The molecule has 106 valence electrons. The van der Waals surface area contributed by atoms with Crippen molar-refractivity contribution in [1.29, 1.82) is 0 Å². The van der Waals surface area contributed by atoms with Crippen molar-refractivity contribution in [1.82, 2.24) is 15.1 Å². The summed E-state index contributed by atoms with van der Waals surface area (Å²) >= 11 is 0. The second kappa shape index (κ2) is 7.46. The smallest absolute Gasteiger partial charge is 0.0377 e. The van der Waals surface area contributed by atoms with Gasteiger partial charge in [-0.25, -0.2) is 0 Å². The third-order valence-electron chi connectivity index (χ3n) is 4.56. The van der Waals surface area contributed by atoms with Crippen LogP contribution in [0.1, 0.15) is 46.0 Å². The highest BCUT2D eigenvalue weighted by molar-refractivity contribution is 4.94. The molecule has 0 amide bonds. The van der Waals surface area contributed by atoms with Crippen LogP contribution < -0.4 is 5.32 Å². The molecule has 0 radical (unpaired) electrons. The highest BCUT2D eigenvalue weighted by Gasteiger charge is 2.35. The molecule has 2 bridgehead atoms. The molecule has 3 heterocycles. The lowest BCUT2D eigenvalue weighted by molar-refractivity contribution is -0.00477. The van der Waals surface area contributed by atoms with E-state index in [0.29, 0.717) is 0 Å². The first kappa shape index (κ1) is 14.3. The summed E-state index contributed by atoms with van der Waals surface area (Å²) in [7, 11) is 0. The monoisotopic (exact) mass is 253 g/mol. The molecule has 0 aromatic carbocycles. The van der Waals surface area contributed by atoms with Gasteiger partial charge in [0.15, 0.2) is 0 Å². The SMILES string of the molecule is CCCCCC(NCCC)C1CN2CCN1CC2. The van der Waals surface area contributed by atoms with Crippen LogP contribution in [0.3, 0.4) is 0 Å². The first-order valence-electron chi connectivity index (χ1n) is 8.05. The van der Waals surface area contributed by atoms with Crippen molar-refractivity contribution < 1.29 is 0 Å². The van der Waals surface area contributed by atoms with Crippen molar-refractivity contribution in [3.05, 3.63) is 0 Å². The number of nitrogens with zero attached hydrogens (tertiary/aromatic N) is 2. The molecule has 3 saturated heterocycles. The Labute approximate surface area is 113 Å². The fourth-order valence-corrected chi connectivity index (χ4v) is 3.41. The summed E-state index contributed by atoms with van der Waals surface area (Å²) in [4.78, 5) is 5.39. The Morgan fingerprint density at radius 3 is 2.39 bits per heavy atom. The lowest BCUT2D eigenvalue weighted by Gasteiger charge is -2.50. The van der Waals surface area contributed by atoms with Crippen LogP contribution in [0.4, 0.5) is 0 Å². The molecule has 2 atom stereocenters. The van der Waals surface area contributed by atoms with Crippen LogP contribution in [-0.2, 0) is 0 Å². The minimum Gasteiger partial charge on any atom is -0.312 e. The average molecular weight is 253 g/mol. The van der Waals surface area contributed by atoms with E-state index in [4.69, 9.17) is 0 Å². The number of fused-ring (bicyclic) bond motifs is 3. The molecule has 0 aromatic rings. The third kappa shape index (κ3) is 3.69. The van der Waals surface area contributed by atoms with Gasteiger partial charge in [-0.2, -0.15) is 0 Å². The number of hydrogen-bond acceptors (Lipinski definition) is 3. The van der Waals surface area contributed by atoms with Crippen LogP contribution in [0, 0.1) is 0 Å². The summed E-state index contributed by atoms with van der Waals surface area (Å²) in [6, 6.07) is 1.50. The highest BCUT2D eigenvalue weighted by Crippen LogP contribution is 2.21. The van der Waals surface area contributed by atoms with Crippen molar-refractivity contribution in [2.45, 2.75) is 58.0 Å². The van der Waals surface area contributed by atoms with E-state index >= 15 is 0 Å². The van der Waals surface area contributed by atoms with E-state index in [2.05, 4.69) is 29.0 Å². The van der Waals surface area contributed by atoms with Crippen LogP contribution in [0.5, 0.6) is 0 Å². The molecule has 3 heteroatoms. The van der Waals surface area contributed by atoms with Gasteiger partial charge in [0.05, 0.1) is 0 Å². The minimum atomic E-state index is 0.722. The Morgan fingerprint density at radius 2 is 1.83 bits per heavy atom. The highest BCUT2D eigenvalue weighted by atomic mass is 15.4. The molecule has 18 heavy (non-hydrogen) atoms. The Balaban J connectivity index is 1.85. The van der Waals surface area contributed by atoms with Crippen LogP contribution in [0.25, 0.3) is 0 Å². The maximum Gasteiger partial charge on any atom is 0.0377 e. The molecule has 3 rings (SSSR count). The van der Waals surface area contributed by atoms with Gasteiger partial charge in [0.1, 0.15) is 0 Å². The molecule has 3 aliphatic rings. The zero-order valence-corrected chi connectivity index (χ0v) is 12.3. The zero-order valence-electron chi connectivity index (χ0n) is 12.3. The van der Waals surface area contributed by atoms with Gasteiger partial charge in [-0.1, -0.05) is 33.1 Å². The maximum atomic E-state index is 3.81. The predicted molar refractivity (Wildman–Crippen MR) is 78.0 cm³/mol. The summed E-state index contributed by atoms with van der Waals surface area (Å²) in [6.45, 7) is 12.2. The average Bonchev–Trinajstić information content (AvgIpc) is 2.44. The van der Waals surface area contributed by atoms with Crippen molar-refractivity contribution in [3.63, 3.8) is 0 Å². The second-order valence-corrected chi connectivity index (χ2v) is 5.96. The van der Waals surface area contributed by atoms with Crippen LogP contribution in [-0.4, -0.2) is 61.2 Å². The van der Waals surface area contributed by atoms with Gasteiger partial charge in [0.2, 0.25) is 0 Å². The van der Waals surface area contributed by atoms with E-state index in [1.807, 2.05) is 0 Å². The van der Waals surface area contributed by atoms with Crippen LogP contribution >= 0.6 is 0 Å². The fraction of sp³-hybridized carbons (Fsp3) is 1.00. The fourth-order valence-electron chi connectivity index (χ4n) is 3.41. The van der Waals surface area contributed by atoms with Crippen LogP contribution in [0.2, 0.25) is 0 Å². The van der Waals surface area contributed by atoms with Crippen molar-refractivity contribution in [2.24, 2.45) is 0 Å². The Bertz CT molecular complexity index is 224. The molecule has 2 unspecified atom stereocenters. The summed E-state index contributed by atoms with van der Waals surface area (Å²) in [5.41, 5.74) is 0. The van der Waals surface area contributed by atoms with E-state index in [1.54, 1.807) is 0 Å². The van der Waals surface area contributed by atoms with Crippen molar-refractivity contribution in [2.75, 3.05) is 39.3 Å². The largest absolute Gasteiger partial charge is 0.312 e. The molecule has 0 spiro atoms. The lowest BCUT2D eigenvalue weighted by atomic mass is 9.95. The van der Waals surface area contributed by atoms with Gasteiger partial charge < -0.3 is 5.32 Å². The van der Waals surface area contributed by atoms with E-state index in [1.165, 1.54) is 71.4 Å². The summed E-state index contributed by atoms with van der Waals surface area (Å²) in [5, 5.41) is 3.81. The lowest BCUT2D eigenvalue weighted by Crippen LogP contribution is -2.66. The van der Waals surface area contributed by atoms with E-state index in [9.17, 15) is 0 Å². The summed E-state index contributed by atoms with van der Waals surface area (Å²) in [6.07, 6.45) is 6.73. The number of rotatable bonds is 8. The molecular formula is C15H31N3. The quantitative estimate of drug-likeness (QED) is 0.667. The normalized spacial score (nSPS) is 32.7. The van der Waals surface area contributed by atoms with E-state index in [-0.39, 0.29) is 0 Å². The Morgan fingerprint density at radius 1 is 1.06 bits per heavy atom. The molecular weight excluding hydrogens is 222 g/mol. The number of nitrogens with one attached hydrogen (secondary N) is 1. The Kier molecular flexibility index (Phi) is 5.93. The third-order valence-corrected chi connectivity index (χ3v) is 4.56. The van der Waals surface area contributed by atoms with Gasteiger partial charge in [0, 0.05) is 44.8 Å². The number of hydrogen-bond donors (Lipinski definition) is 1. The van der Waals surface area contributed by atoms with Gasteiger partial charge >= 0.3 is 0 Å². The summed E-state index contributed by atoms with van der Waals surface area (Å²) in [5.74, 6) is 0. The zero-order chi connectivity index (χ0) is 12.8. The first-order chi connectivity index (χ1) is 8.85. The maximum absolute atomic E-state index is 3.81. The van der Waals surface area contributed by atoms with Crippen LogP contribution in [0.15, 0.2) is 0 Å². The number of unbranched alkanes of at least 4 members (excludes halogenated alkanes) is 2. The predicted octanol–water partition coefficient (Wildman–Crippen LogP) is 1.93.